The summed E-state index contributed by atoms with van der Waals surface area (Å²) in [5.74, 6) is -0.707. The van der Waals surface area contributed by atoms with Gasteiger partial charge in [0.1, 0.15) is 6.61 Å². The van der Waals surface area contributed by atoms with Gasteiger partial charge >= 0.3 is 12.1 Å². The Hall–Kier alpha value is -2.82. The first kappa shape index (κ1) is 17.3. The zero-order valence-corrected chi connectivity index (χ0v) is 15.6. The number of amides is 1. The van der Waals surface area contributed by atoms with Gasteiger partial charge in [0.2, 0.25) is 0 Å². The maximum Gasteiger partial charge on any atom is 0.409 e. The summed E-state index contributed by atoms with van der Waals surface area (Å²) < 4.78 is 5.71. The molecule has 5 nitrogen and oxygen atoms in total. The molecule has 2 aromatic carbocycles. The van der Waals surface area contributed by atoms with Crippen molar-refractivity contribution in [1.29, 1.82) is 0 Å². The third-order valence-corrected chi connectivity index (χ3v) is 6.89. The van der Waals surface area contributed by atoms with Gasteiger partial charge in [-0.25, -0.2) is 4.79 Å². The number of carbonyl (C=O) groups excluding carboxylic acids is 1. The largest absolute Gasteiger partial charge is 0.481 e. The summed E-state index contributed by atoms with van der Waals surface area (Å²) in [6.45, 7) is 1.03. The van der Waals surface area contributed by atoms with Crippen molar-refractivity contribution < 1.29 is 19.4 Å². The number of ether oxygens (including phenoxy) is 1. The van der Waals surface area contributed by atoms with E-state index in [9.17, 15) is 14.7 Å². The van der Waals surface area contributed by atoms with Crippen LogP contribution in [0.2, 0.25) is 0 Å². The molecule has 5 heteroatoms. The number of likely N-dealkylation sites (tertiary alicyclic amines) is 1. The number of hydrogen-bond acceptors (Lipinski definition) is 3. The van der Waals surface area contributed by atoms with Crippen LogP contribution >= 0.6 is 0 Å². The van der Waals surface area contributed by atoms with Gasteiger partial charge in [-0.3, -0.25) is 4.79 Å². The Labute approximate surface area is 163 Å². The van der Waals surface area contributed by atoms with E-state index in [0.717, 1.165) is 12.8 Å². The first-order valence-corrected chi connectivity index (χ1v) is 9.93. The molecule has 5 rings (SSSR count). The van der Waals surface area contributed by atoms with Gasteiger partial charge in [-0.1, -0.05) is 55.0 Å². The number of carboxylic acids is 1. The summed E-state index contributed by atoms with van der Waals surface area (Å²) in [7, 11) is 0. The van der Waals surface area contributed by atoms with E-state index in [1.54, 1.807) is 4.90 Å². The summed E-state index contributed by atoms with van der Waals surface area (Å²) in [6.07, 6.45) is 2.06. The lowest BCUT2D eigenvalue weighted by atomic mass is 9.81. The molecule has 0 bridgehead atoms. The molecular weight excluding hydrogens is 354 g/mol. The fraction of sp³-hybridized carbons (Fsp3) is 0.391. The molecule has 0 aromatic heterocycles. The van der Waals surface area contributed by atoms with Crippen LogP contribution < -0.4 is 0 Å². The number of rotatable bonds is 3. The second-order valence-electron chi connectivity index (χ2n) is 8.23. The molecule has 1 saturated heterocycles. The molecular formula is C23H23NO4. The molecule has 0 spiro atoms. The van der Waals surface area contributed by atoms with E-state index < -0.39 is 17.5 Å². The predicted octanol–water partition coefficient (Wildman–Crippen LogP) is 4.12. The Morgan fingerprint density at radius 2 is 1.71 bits per heavy atom. The standard InChI is InChI=1S/C23H23NO4/c25-21(26)23-11-5-6-15(23)12-24(14-23)22(27)28-13-20-18-9-3-1-7-16(18)17-8-2-4-10-19(17)20/h1-4,7-10,15,20H,5-6,11-14H2,(H,25,26)/t15-,23-/m0/s1. The molecule has 144 valence electrons. The van der Waals surface area contributed by atoms with Crippen LogP contribution in [-0.2, 0) is 9.53 Å². The van der Waals surface area contributed by atoms with Crippen LogP contribution in [0, 0.1) is 11.3 Å². The molecule has 1 N–H and O–H groups in total. The molecule has 0 radical (unpaired) electrons. The van der Waals surface area contributed by atoms with Gasteiger partial charge in [-0.05, 0) is 41.0 Å². The van der Waals surface area contributed by atoms with Gasteiger partial charge in [0, 0.05) is 19.0 Å². The Balaban J connectivity index is 1.32. The molecule has 1 aliphatic heterocycles. The van der Waals surface area contributed by atoms with Crippen LogP contribution in [0.3, 0.4) is 0 Å². The van der Waals surface area contributed by atoms with E-state index >= 15 is 0 Å². The molecule has 2 fully saturated rings. The van der Waals surface area contributed by atoms with E-state index in [4.69, 9.17) is 4.74 Å². The van der Waals surface area contributed by atoms with Gasteiger partial charge in [0.25, 0.3) is 0 Å². The fourth-order valence-corrected chi connectivity index (χ4v) is 5.46. The highest BCUT2D eigenvalue weighted by atomic mass is 16.6. The Bertz CT molecular complexity index is 910. The Morgan fingerprint density at radius 1 is 1.07 bits per heavy atom. The van der Waals surface area contributed by atoms with Crippen molar-refractivity contribution in [2.24, 2.45) is 11.3 Å². The predicted molar refractivity (Wildman–Crippen MR) is 104 cm³/mol. The maximum absolute atomic E-state index is 12.7. The van der Waals surface area contributed by atoms with E-state index in [2.05, 4.69) is 24.3 Å². The monoisotopic (exact) mass is 377 g/mol. The minimum absolute atomic E-state index is 0.0203. The van der Waals surface area contributed by atoms with Crippen LogP contribution in [0.1, 0.15) is 36.3 Å². The number of hydrogen-bond donors (Lipinski definition) is 1. The van der Waals surface area contributed by atoms with Crippen molar-refractivity contribution in [3.05, 3.63) is 59.7 Å². The lowest BCUT2D eigenvalue weighted by Crippen LogP contribution is -2.37. The van der Waals surface area contributed by atoms with E-state index in [0.29, 0.717) is 13.0 Å². The third kappa shape index (κ3) is 2.45. The number of benzene rings is 2. The van der Waals surface area contributed by atoms with Crippen molar-refractivity contribution >= 4 is 12.1 Å². The van der Waals surface area contributed by atoms with Crippen molar-refractivity contribution in [3.8, 4) is 11.1 Å². The van der Waals surface area contributed by atoms with Crippen molar-refractivity contribution in [3.63, 3.8) is 0 Å². The second-order valence-corrected chi connectivity index (χ2v) is 8.23. The zero-order chi connectivity index (χ0) is 19.3. The fourth-order valence-electron chi connectivity index (χ4n) is 5.46. The topological polar surface area (TPSA) is 66.8 Å². The van der Waals surface area contributed by atoms with Gasteiger partial charge in [-0.15, -0.1) is 0 Å². The number of fused-ring (bicyclic) bond motifs is 4. The lowest BCUT2D eigenvalue weighted by molar-refractivity contribution is -0.149. The minimum atomic E-state index is -0.774. The quantitative estimate of drug-likeness (QED) is 0.874. The summed E-state index contributed by atoms with van der Waals surface area (Å²) >= 11 is 0. The molecule has 1 saturated carbocycles. The molecule has 1 heterocycles. The normalized spacial score (nSPS) is 25.3. The van der Waals surface area contributed by atoms with Crippen molar-refractivity contribution in [2.75, 3.05) is 19.7 Å². The number of nitrogens with zero attached hydrogens (tertiary/aromatic N) is 1. The molecule has 0 unspecified atom stereocenters. The highest BCUT2D eigenvalue weighted by molar-refractivity contribution is 5.80. The smallest absolute Gasteiger partial charge is 0.409 e. The average Bonchev–Trinajstić information content (AvgIpc) is 3.36. The van der Waals surface area contributed by atoms with Gasteiger partial charge in [0.15, 0.2) is 0 Å². The van der Waals surface area contributed by atoms with E-state index in [1.807, 2.05) is 24.3 Å². The molecule has 2 aliphatic carbocycles. The highest BCUT2D eigenvalue weighted by Gasteiger charge is 2.56. The van der Waals surface area contributed by atoms with Crippen LogP contribution in [0.5, 0.6) is 0 Å². The first-order valence-electron chi connectivity index (χ1n) is 9.93. The van der Waals surface area contributed by atoms with E-state index in [-0.39, 0.29) is 25.0 Å². The number of carboxylic acid groups (broad SMARTS) is 1. The minimum Gasteiger partial charge on any atom is -0.481 e. The zero-order valence-electron chi connectivity index (χ0n) is 15.6. The first-order chi connectivity index (χ1) is 13.6. The Morgan fingerprint density at radius 3 is 2.32 bits per heavy atom. The average molecular weight is 377 g/mol. The molecule has 28 heavy (non-hydrogen) atoms. The third-order valence-electron chi connectivity index (χ3n) is 6.89. The molecule has 2 aromatic rings. The molecule has 3 aliphatic rings. The number of aliphatic carboxylic acids is 1. The van der Waals surface area contributed by atoms with Crippen LogP contribution in [0.15, 0.2) is 48.5 Å². The molecule has 1 amide bonds. The second kappa shape index (κ2) is 6.36. The molecule has 2 atom stereocenters. The highest BCUT2D eigenvalue weighted by Crippen LogP contribution is 2.49. The summed E-state index contributed by atoms with van der Waals surface area (Å²) in [5, 5.41) is 9.72. The van der Waals surface area contributed by atoms with Crippen LogP contribution in [-0.4, -0.2) is 41.8 Å². The van der Waals surface area contributed by atoms with Crippen LogP contribution in [0.25, 0.3) is 11.1 Å². The number of carbonyl (C=O) groups is 2. The summed E-state index contributed by atoms with van der Waals surface area (Å²) in [5.41, 5.74) is 3.97. The maximum atomic E-state index is 12.7. The van der Waals surface area contributed by atoms with Crippen molar-refractivity contribution in [2.45, 2.75) is 25.2 Å². The Kier molecular flexibility index (Phi) is 3.93. The summed E-state index contributed by atoms with van der Waals surface area (Å²) in [6, 6.07) is 16.5. The van der Waals surface area contributed by atoms with Gasteiger partial charge in [0.05, 0.1) is 5.41 Å². The van der Waals surface area contributed by atoms with Crippen LogP contribution in [0.4, 0.5) is 4.79 Å². The SMILES string of the molecule is O=C(OCC1c2ccccc2-c2ccccc21)N1C[C@@H]2CCC[C@]2(C(=O)O)C1. The van der Waals surface area contributed by atoms with Crippen molar-refractivity contribution in [1.82, 2.24) is 4.90 Å². The summed E-state index contributed by atoms with van der Waals surface area (Å²) in [4.78, 5) is 26.2. The lowest BCUT2D eigenvalue weighted by Gasteiger charge is -2.23. The van der Waals surface area contributed by atoms with E-state index in [1.165, 1.54) is 22.3 Å². The van der Waals surface area contributed by atoms with Gasteiger partial charge < -0.3 is 14.7 Å². The van der Waals surface area contributed by atoms with Gasteiger partial charge in [-0.2, -0.15) is 0 Å².